The summed E-state index contributed by atoms with van der Waals surface area (Å²) < 4.78 is 5.05. The molecule has 0 rings (SSSR count). The van der Waals surface area contributed by atoms with Crippen LogP contribution in [-0.4, -0.2) is 31.7 Å². The minimum Gasteiger partial charge on any atom is -0.383 e. The van der Waals surface area contributed by atoms with Crippen LogP contribution in [0.3, 0.4) is 0 Å². The maximum Gasteiger partial charge on any atom is 0.237 e. The molecular formula is C11H24N2O2. The zero-order chi connectivity index (χ0) is 11.8. The smallest absolute Gasteiger partial charge is 0.237 e. The second-order valence-electron chi connectivity index (χ2n) is 4.21. The summed E-state index contributed by atoms with van der Waals surface area (Å²) >= 11 is 0. The number of carbonyl (C=O) groups is 1. The molecular weight excluding hydrogens is 192 g/mol. The van der Waals surface area contributed by atoms with Gasteiger partial charge >= 0.3 is 0 Å². The van der Waals surface area contributed by atoms with Crippen molar-refractivity contribution in [3.63, 3.8) is 0 Å². The molecule has 0 heterocycles. The van der Waals surface area contributed by atoms with Gasteiger partial charge in [-0.25, -0.2) is 0 Å². The lowest BCUT2D eigenvalue weighted by atomic mass is 10.0. The van der Waals surface area contributed by atoms with Crippen molar-refractivity contribution in [1.82, 2.24) is 5.32 Å². The highest BCUT2D eigenvalue weighted by atomic mass is 16.5. The molecule has 4 nitrogen and oxygen atoms in total. The van der Waals surface area contributed by atoms with E-state index in [0.717, 1.165) is 12.8 Å². The predicted molar refractivity (Wildman–Crippen MR) is 61.5 cm³/mol. The molecule has 0 radical (unpaired) electrons. The third-order valence-corrected chi connectivity index (χ3v) is 2.42. The minimum absolute atomic E-state index is 0.0467. The average Bonchev–Trinajstić information content (AvgIpc) is 2.17. The van der Waals surface area contributed by atoms with Crippen molar-refractivity contribution in [2.45, 2.75) is 45.7 Å². The minimum atomic E-state index is -0.395. The van der Waals surface area contributed by atoms with Crippen LogP contribution < -0.4 is 11.1 Å². The van der Waals surface area contributed by atoms with Crippen LogP contribution in [0.5, 0.6) is 0 Å². The molecule has 0 aromatic heterocycles. The fourth-order valence-corrected chi connectivity index (χ4v) is 1.31. The first-order valence-electron chi connectivity index (χ1n) is 5.57. The van der Waals surface area contributed by atoms with Gasteiger partial charge < -0.3 is 15.8 Å². The van der Waals surface area contributed by atoms with E-state index >= 15 is 0 Å². The van der Waals surface area contributed by atoms with Crippen LogP contribution in [0.15, 0.2) is 0 Å². The van der Waals surface area contributed by atoms with Crippen molar-refractivity contribution in [1.29, 1.82) is 0 Å². The van der Waals surface area contributed by atoms with Gasteiger partial charge in [0, 0.05) is 7.11 Å². The van der Waals surface area contributed by atoms with Gasteiger partial charge in [-0.2, -0.15) is 0 Å². The Hall–Kier alpha value is -0.610. The normalized spacial score (nSPS) is 15.1. The fraction of sp³-hybridized carbons (Fsp3) is 0.909. The number of nitrogens with one attached hydrogen (secondary N) is 1. The number of rotatable bonds is 7. The molecule has 4 heteroatoms. The molecule has 3 N–H and O–H groups in total. The summed E-state index contributed by atoms with van der Waals surface area (Å²) in [5.74, 6) is 0.273. The molecule has 1 amide bonds. The molecule has 0 saturated heterocycles. The molecule has 0 spiro atoms. The van der Waals surface area contributed by atoms with E-state index in [1.165, 1.54) is 0 Å². The molecule has 0 aromatic carbocycles. The lowest BCUT2D eigenvalue weighted by Crippen LogP contribution is -2.48. The second kappa shape index (κ2) is 7.65. The quantitative estimate of drug-likeness (QED) is 0.664. The van der Waals surface area contributed by atoms with Crippen LogP contribution in [0.25, 0.3) is 0 Å². The first kappa shape index (κ1) is 14.4. The highest BCUT2D eigenvalue weighted by molar-refractivity contribution is 5.81. The number of amides is 1. The Morgan fingerprint density at radius 1 is 1.47 bits per heavy atom. The van der Waals surface area contributed by atoms with Crippen molar-refractivity contribution in [3.8, 4) is 0 Å². The third-order valence-electron chi connectivity index (χ3n) is 2.42. The Labute approximate surface area is 92.6 Å². The van der Waals surface area contributed by atoms with E-state index in [9.17, 15) is 4.79 Å². The standard InChI is InChI=1S/C11H24N2O2/c1-5-6-9(12)11(14)13-10(7-15-4)8(2)3/h8-10H,5-7,12H2,1-4H3,(H,13,14)/t9-,10?/m0/s1. The molecule has 0 saturated carbocycles. The number of hydrogen-bond acceptors (Lipinski definition) is 3. The highest BCUT2D eigenvalue weighted by Crippen LogP contribution is 2.03. The average molecular weight is 216 g/mol. The largest absolute Gasteiger partial charge is 0.383 e. The zero-order valence-electron chi connectivity index (χ0n) is 10.2. The van der Waals surface area contributed by atoms with Gasteiger partial charge in [0.05, 0.1) is 18.7 Å². The molecule has 90 valence electrons. The summed E-state index contributed by atoms with van der Waals surface area (Å²) in [4.78, 5) is 11.6. The van der Waals surface area contributed by atoms with Crippen LogP contribution in [0, 0.1) is 5.92 Å². The zero-order valence-corrected chi connectivity index (χ0v) is 10.2. The Kier molecular flexibility index (Phi) is 7.34. The Morgan fingerprint density at radius 2 is 2.07 bits per heavy atom. The van der Waals surface area contributed by atoms with Crippen molar-refractivity contribution >= 4 is 5.91 Å². The Bertz CT molecular complexity index is 183. The molecule has 0 aliphatic heterocycles. The van der Waals surface area contributed by atoms with Crippen LogP contribution in [0.2, 0.25) is 0 Å². The number of methoxy groups -OCH3 is 1. The van der Waals surface area contributed by atoms with Crippen LogP contribution in [-0.2, 0) is 9.53 Å². The Balaban J connectivity index is 4.09. The maximum absolute atomic E-state index is 11.6. The van der Waals surface area contributed by atoms with Crippen molar-refractivity contribution in [2.24, 2.45) is 11.7 Å². The first-order valence-corrected chi connectivity index (χ1v) is 5.57. The summed E-state index contributed by atoms with van der Waals surface area (Å²) in [6.07, 6.45) is 1.65. The van der Waals surface area contributed by atoms with E-state index in [1.807, 2.05) is 6.92 Å². The molecule has 0 aliphatic carbocycles. The molecule has 2 atom stereocenters. The monoisotopic (exact) mass is 216 g/mol. The van der Waals surface area contributed by atoms with Crippen molar-refractivity contribution in [3.05, 3.63) is 0 Å². The van der Waals surface area contributed by atoms with Gasteiger partial charge in [-0.1, -0.05) is 27.2 Å². The molecule has 0 aliphatic rings. The summed E-state index contributed by atoms with van der Waals surface area (Å²) in [5, 5.41) is 2.91. The lowest BCUT2D eigenvalue weighted by Gasteiger charge is -2.23. The first-order chi connectivity index (χ1) is 7.02. The second-order valence-corrected chi connectivity index (χ2v) is 4.21. The molecule has 0 aromatic rings. The van der Waals surface area contributed by atoms with Crippen LogP contribution in [0.4, 0.5) is 0 Å². The third kappa shape index (κ3) is 5.74. The SMILES string of the molecule is CCC[C@H](N)C(=O)NC(COC)C(C)C. The van der Waals surface area contributed by atoms with E-state index in [0.29, 0.717) is 12.5 Å². The number of ether oxygens (including phenoxy) is 1. The summed E-state index contributed by atoms with van der Waals surface area (Å²) in [6, 6.07) is -0.349. The number of nitrogens with two attached hydrogens (primary N) is 1. The molecule has 15 heavy (non-hydrogen) atoms. The predicted octanol–water partition coefficient (Wildman–Crippen LogP) is 0.901. The van der Waals surface area contributed by atoms with Crippen molar-refractivity contribution in [2.75, 3.05) is 13.7 Å². The lowest BCUT2D eigenvalue weighted by molar-refractivity contribution is -0.124. The van der Waals surface area contributed by atoms with Crippen LogP contribution in [0.1, 0.15) is 33.6 Å². The van der Waals surface area contributed by atoms with E-state index in [1.54, 1.807) is 7.11 Å². The van der Waals surface area contributed by atoms with Gasteiger partial charge in [0.25, 0.3) is 0 Å². The van der Waals surface area contributed by atoms with Crippen molar-refractivity contribution < 1.29 is 9.53 Å². The van der Waals surface area contributed by atoms with Gasteiger partial charge in [0.15, 0.2) is 0 Å². The summed E-state index contributed by atoms with van der Waals surface area (Å²) in [5.41, 5.74) is 5.72. The van der Waals surface area contributed by atoms with Gasteiger partial charge in [-0.05, 0) is 12.3 Å². The van der Waals surface area contributed by atoms with E-state index in [4.69, 9.17) is 10.5 Å². The maximum atomic E-state index is 11.6. The van der Waals surface area contributed by atoms with Gasteiger partial charge in [-0.15, -0.1) is 0 Å². The Morgan fingerprint density at radius 3 is 2.47 bits per heavy atom. The fourth-order valence-electron chi connectivity index (χ4n) is 1.31. The van der Waals surface area contributed by atoms with Crippen LogP contribution >= 0.6 is 0 Å². The van der Waals surface area contributed by atoms with E-state index < -0.39 is 6.04 Å². The molecule has 0 fully saturated rings. The molecule has 0 bridgehead atoms. The van der Waals surface area contributed by atoms with Gasteiger partial charge in [-0.3, -0.25) is 4.79 Å². The highest BCUT2D eigenvalue weighted by Gasteiger charge is 2.19. The van der Waals surface area contributed by atoms with E-state index in [2.05, 4.69) is 19.2 Å². The molecule has 1 unspecified atom stereocenters. The summed E-state index contributed by atoms with van der Waals surface area (Å²) in [7, 11) is 1.63. The van der Waals surface area contributed by atoms with Gasteiger partial charge in [0.2, 0.25) is 5.91 Å². The number of carbonyl (C=O) groups excluding carboxylic acids is 1. The topological polar surface area (TPSA) is 64.4 Å². The summed E-state index contributed by atoms with van der Waals surface area (Å²) in [6.45, 7) is 6.65. The van der Waals surface area contributed by atoms with E-state index in [-0.39, 0.29) is 11.9 Å². The number of hydrogen-bond donors (Lipinski definition) is 2. The van der Waals surface area contributed by atoms with Gasteiger partial charge in [0.1, 0.15) is 0 Å².